The van der Waals surface area contributed by atoms with Gasteiger partial charge in [0.25, 0.3) is 0 Å². The Morgan fingerprint density at radius 3 is 2.55 bits per heavy atom. The maximum atomic E-state index is 11.9. The molecule has 0 aromatic carbocycles. The highest BCUT2D eigenvalue weighted by atomic mass is 16.5. The van der Waals surface area contributed by atoms with Crippen LogP contribution in [0.1, 0.15) is 26.0 Å². The van der Waals surface area contributed by atoms with Crippen molar-refractivity contribution in [1.29, 1.82) is 0 Å². The molecule has 7 heteroatoms. The first-order valence-electron chi connectivity index (χ1n) is 7.70. The Hall–Kier alpha value is -1.89. The zero-order valence-corrected chi connectivity index (χ0v) is 13.5. The Bertz CT molecular complexity index is 519. The fraction of sp³-hybridized carbons (Fsp3) is 0.667. The summed E-state index contributed by atoms with van der Waals surface area (Å²) in [6.45, 7) is 9.41. The van der Waals surface area contributed by atoms with Crippen LogP contribution in [0.5, 0.6) is 0 Å². The maximum absolute atomic E-state index is 11.9. The summed E-state index contributed by atoms with van der Waals surface area (Å²) in [5, 5.41) is 6.44. The molecule has 1 aliphatic rings. The van der Waals surface area contributed by atoms with Crippen molar-refractivity contribution in [2.24, 2.45) is 5.92 Å². The number of hydrogen-bond donors (Lipinski definition) is 1. The van der Waals surface area contributed by atoms with Crippen LogP contribution < -0.4 is 5.32 Å². The Kier molecular flexibility index (Phi) is 5.54. The van der Waals surface area contributed by atoms with Crippen LogP contribution in [-0.2, 0) is 9.59 Å². The van der Waals surface area contributed by atoms with E-state index < -0.39 is 0 Å². The average Bonchev–Trinajstić information content (AvgIpc) is 2.90. The van der Waals surface area contributed by atoms with Gasteiger partial charge < -0.3 is 14.7 Å². The summed E-state index contributed by atoms with van der Waals surface area (Å²) >= 11 is 0. The molecule has 2 rings (SSSR count). The number of carbonyl (C=O) groups excluding carboxylic acids is 2. The molecular formula is C15H24N4O3. The highest BCUT2D eigenvalue weighted by Crippen LogP contribution is 2.09. The minimum Gasteiger partial charge on any atom is -0.360 e. The second-order valence-corrected chi connectivity index (χ2v) is 5.94. The molecule has 7 nitrogen and oxygen atoms in total. The standard InChI is InChI=1S/C15H24N4O3/c1-11(2)15(21)19-8-6-18(7-9-19)5-4-14(20)16-13-10-12(3)22-17-13/h10-11H,4-9H2,1-3H3,(H,16,17,20). The monoisotopic (exact) mass is 308 g/mol. The third kappa shape index (κ3) is 4.56. The Labute approximate surface area is 130 Å². The topological polar surface area (TPSA) is 78.7 Å². The van der Waals surface area contributed by atoms with Crippen molar-refractivity contribution in [2.45, 2.75) is 27.2 Å². The van der Waals surface area contributed by atoms with Crippen molar-refractivity contribution in [3.63, 3.8) is 0 Å². The van der Waals surface area contributed by atoms with E-state index in [1.807, 2.05) is 18.7 Å². The Morgan fingerprint density at radius 2 is 2.00 bits per heavy atom. The molecule has 0 bridgehead atoms. The van der Waals surface area contributed by atoms with E-state index in [1.165, 1.54) is 0 Å². The molecule has 1 fully saturated rings. The van der Waals surface area contributed by atoms with Crippen LogP contribution in [0.4, 0.5) is 5.82 Å². The van der Waals surface area contributed by atoms with Crippen molar-refractivity contribution in [2.75, 3.05) is 38.0 Å². The lowest BCUT2D eigenvalue weighted by molar-refractivity contribution is -0.136. The number of rotatable bonds is 5. The lowest BCUT2D eigenvalue weighted by Crippen LogP contribution is -2.50. The molecule has 22 heavy (non-hydrogen) atoms. The van der Waals surface area contributed by atoms with E-state index >= 15 is 0 Å². The summed E-state index contributed by atoms with van der Waals surface area (Å²) in [5.41, 5.74) is 0. The summed E-state index contributed by atoms with van der Waals surface area (Å²) < 4.78 is 4.90. The minimum atomic E-state index is -0.0750. The van der Waals surface area contributed by atoms with Crippen LogP contribution in [-0.4, -0.2) is 59.5 Å². The molecule has 0 unspecified atom stereocenters. The van der Waals surface area contributed by atoms with Crippen LogP contribution in [0.15, 0.2) is 10.6 Å². The normalized spacial score (nSPS) is 16.1. The third-order valence-electron chi connectivity index (χ3n) is 3.73. The van der Waals surface area contributed by atoms with Crippen molar-refractivity contribution < 1.29 is 14.1 Å². The molecular weight excluding hydrogens is 284 g/mol. The van der Waals surface area contributed by atoms with Gasteiger partial charge in [-0.1, -0.05) is 19.0 Å². The summed E-state index contributed by atoms with van der Waals surface area (Å²) in [7, 11) is 0. The van der Waals surface area contributed by atoms with Crippen molar-refractivity contribution in [3.05, 3.63) is 11.8 Å². The fourth-order valence-corrected chi connectivity index (χ4v) is 2.45. The molecule has 0 aliphatic carbocycles. The smallest absolute Gasteiger partial charge is 0.226 e. The van der Waals surface area contributed by atoms with E-state index in [0.717, 1.165) is 26.2 Å². The van der Waals surface area contributed by atoms with Gasteiger partial charge >= 0.3 is 0 Å². The molecule has 0 radical (unpaired) electrons. The van der Waals surface area contributed by atoms with E-state index in [2.05, 4.69) is 15.4 Å². The number of aromatic nitrogens is 1. The van der Waals surface area contributed by atoms with Gasteiger partial charge in [-0.05, 0) is 6.92 Å². The van der Waals surface area contributed by atoms with Crippen molar-refractivity contribution >= 4 is 17.6 Å². The zero-order chi connectivity index (χ0) is 16.1. The summed E-state index contributed by atoms with van der Waals surface area (Å²) in [6, 6.07) is 1.69. The van der Waals surface area contributed by atoms with E-state index in [-0.39, 0.29) is 17.7 Å². The lowest BCUT2D eigenvalue weighted by Gasteiger charge is -2.35. The molecule has 2 heterocycles. The second-order valence-electron chi connectivity index (χ2n) is 5.94. The predicted molar refractivity (Wildman–Crippen MR) is 82.3 cm³/mol. The van der Waals surface area contributed by atoms with Gasteiger partial charge in [0.05, 0.1) is 0 Å². The summed E-state index contributed by atoms with van der Waals surface area (Å²) in [6.07, 6.45) is 0.407. The summed E-state index contributed by atoms with van der Waals surface area (Å²) in [5.74, 6) is 1.30. The largest absolute Gasteiger partial charge is 0.360 e. The number of carbonyl (C=O) groups is 2. The lowest BCUT2D eigenvalue weighted by atomic mass is 10.1. The number of nitrogens with one attached hydrogen (secondary N) is 1. The van der Waals surface area contributed by atoms with Gasteiger partial charge in [-0.2, -0.15) is 0 Å². The van der Waals surface area contributed by atoms with Crippen LogP contribution in [0.25, 0.3) is 0 Å². The average molecular weight is 308 g/mol. The van der Waals surface area contributed by atoms with Gasteiger partial charge in [0.1, 0.15) is 5.76 Å². The Balaban J connectivity index is 1.68. The van der Waals surface area contributed by atoms with Crippen molar-refractivity contribution in [3.8, 4) is 0 Å². The first kappa shape index (κ1) is 16.5. The van der Waals surface area contributed by atoms with Gasteiger partial charge in [-0.3, -0.25) is 14.5 Å². The molecule has 122 valence electrons. The van der Waals surface area contributed by atoms with E-state index in [1.54, 1.807) is 13.0 Å². The molecule has 2 amide bonds. The number of nitrogens with zero attached hydrogens (tertiary/aromatic N) is 3. The summed E-state index contributed by atoms with van der Waals surface area (Å²) in [4.78, 5) is 27.9. The predicted octanol–water partition coefficient (Wildman–Crippen LogP) is 1.11. The van der Waals surface area contributed by atoms with Gasteiger partial charge in [-0.15, -0.1) is 0 Å². The van der Waals surface area contributed by atoms with Gasteiger partial charge in [0, 0.05) is 51.1 Å². The van der Waals surface area contributed by atoms with Crippen LogP contribution in [0.2, 0.25) is 0 Å². The quantitative estimate of drug-likeness (QED) is 0.881. The van der Waals surface area contributed by atoms with Gasteiger partial charge in [-0.25, -0.2) is 0 Å². The van der Waals surface area contributed by atoms with E-state index in [9.17, 15) is 9.59 Å². The molecule has 1 aliphatic heterocycles. The van der Waals surface area contributed by atoms with E-state index in [4.69, 9.17) is 4.52 Å². The molecule has 0 atom stereocenters. The number of aryl methyl sites for hydroxylation is 1. The second kappa shape index (κ2) is 7.40. The first-order chi connectivity index (χ1) is 10.5. The first-order valence-corrected chi connectivity index (χ1v) is 7.70. The van der Waals surface area contributed by atoms with Gasteiger partial charge in [0.15, 0.2) is 5.82 Å². The molecule has 0 spiro atoms. The van der Waals surface area contributed by atoms with Crippen LogP contribution in [0.3, 0.4) is 0 Å². The maximum Gasteiger partial charge on any atom is 0.226 e. The number of piperazine rings is 1. The number of anilines is 1. The molecule has 1 N–H and O–H groups in total. The number of hydrogen-bond acceptors (Lipinski definition) is 5. The minimum absolute atomic E-state index is 0.0447. The highest BCUT2D eigenvalue weighted by molar-refractivity contribution is 5.89. The van der Waals surface area contributed by atoms with E-state index in [0.29, 0.717) is 24.5 Å². The molecule has 0 saturated carbocycles. The van der Waals surface area contributed by atoms with Crippen LogP contribution in [0, 0.1) is 12.8 Å². The number of amides is 2. The van der Waals surface area contributed by atoms with Crippen LogP contribution >= 0.6 is 0 Å². The fourth-order valence-electron chi connectivity index (χ4n) is 2.45. The van der Waals surface area contributed by atoms with Crippen molar-refractivity contribution in [1.82, 2.24) is 15.0 Å². The van der Waals surface area contributed by atoms with Gasteiger partial charge in [0.2, 0.25) is 11.8 Å². The molecule has 1 saturated heterocycles. The zero-order valence-electron chi connectivity index (χ0n) is 13.5. The molecule has 1 aromatic heterocycles. The Morgan fingerprint density at radius 1 is 1.32 bits per heavy atom. The highest BCUT2D eigenvalue weighted by Gasteiger charge is 2.22. The SMILES string of the molecule is Cc1cc(NC(=O)CCN2CCN(C(=O)C(C)C)CC2)no1. The third-order valence-corrected chi connectivity index (χ3v) is 3.73. The molecule has 1 aromatic rings.